The molecule has 2 aromatic carbocycles. The lowest BCUT2D eigenvalue weighted by molar-refractivity contribution is 0.542. The van der Waals surface area contributed by atoms with Gasteiger partial charge < -0.3 is 10.6 Å². The van der Waals surface area contributed by atoms with Crippen molar-refractivity contribution in [2.45, 2.75) is 49.9 Å². The summed E-state index contributed by atoms with van der Waals surface area (Å²) in [6.07, 6.45) is 0.611. The maximum atomic E-state index is 14.9. The molecule has 0 radical (unpaired) electrons. The Morgan fingerprint density at radius 1 is 1.30 bits per heavy atom. The van der Waals surface area contributed by atoms with Crippen LogP contribution in [0.5, 0.6) is 0 Å². The first-order valence-electron chi connectivity index (χ1n) is 10.6. The summed E-state index contributed by atoms with van der Waals surface area (Å²) in [4.78, 5) is 1.83. The highest BCUT2D eigenvalue weighted by molar-refractivity contribution is 8.00. The van der Waals surface area contributed by atoms with Crippen LogP contribution in [0.1, 0.15) is 39.7 Å². The van der Waals surface area contributed by atoms with Gasteiger partial charge in [-0.15, -0.1) is 11.3 Å². The Morgan fingerprint density at radius 3 is 2.61 bits per heavy atom. The summed E-state index contributed by atoms with van der Waals surface area (Å²) < 4.78 is 33.1. The summed E-state index contributed by atoms with van der Waals surface area (Å²) in [7, 11) is -2.70. The van der Waals surface area contributed by atoms with E-state index in [2.05, 4.69) is 17.2 Å². The maximum Gasteiger partial charge on any atom is 0.147 e. The van der Waals surface area contributed by atoms with Crippen molar-refractivity contribution >= 4 is 54.3 Å². The van der Waals surface area contributed by atoms with Gasteiger partial charge in [0.25, 0.3) is 0 Å². The Bertz CT molecular complexity index is 1280. The van der Waals surface area contributed by atoms with Crippen LogP contribution >= 0.6 is 22.9 Å². The van der Waals surface area contributed by atoms with Crippen LogP contribution in [0.15, 0.2) is 58.9 Å². The van der Waals surface area contributed by atoms with Crippen molar-refractivity contribution in [2.24, 2.45) is 5.73 Å². The molecule has 4 nitrogen and oxygen atoms in total. The van der Waals surface area contributed by atoms with Crippen LogP contribution in [0.3, 0.4) is 0 Å². The zero-order valence-corrected chi connectivity index (χ0v) is 21.8. The molecule has 0 aliphatic heterocycles. The topological polar surface area (TPSA) is 58.4 Å². The average molecular weight is 508 g/mol. The molecule has 178 valence electrons. The van der Waals surface area contributed by atoms with Crippen LogP contribution in [-0.4, -0.2) is 22.7 Å². The Morgan fingerprint density at radius 2 is 2.00 bits per heavy atom. The molecular formula is C25H31ClFN3OS2. The molecule has 3 rings (SSSR count). The number of hydrogen-bond donors (Lipinski definition) is 2. The van der Waals surface area contributed by atoms with E-state index in [1.807, 2.05) is 62.9 Å². The van der Waals surface area contributed by atoms with Gasteiger partial charge >= 0.3 is 0 Å². The fraction of sp³-hybridized carbons (Fsp3) is 0.320. The Kier molecular flexibility index (Phi) is 7.61. The minimum atomic E-state index is -2.70. The lowest BCUT2D eigenvalue weighted by Crippen LogP contribution is -2.35. The highest BCUT2D eigenvalue weighted by atomic mass is 35.5. The van der Waals surface area contributed by atoms with Gasteiger partial charge in [-0.1, -0.05) is 30.3 Å². The lowest BCUT2D eigenvalue weighted by atomic mass is 9.95. The summed E-state index contributed by atoms with van der Waals surface area (Å²) in [6, 6.07) is 12.4. The third-order valence-corrected chi connectivity index (χ3v) is 9.14. The van der Waals surface area contributed by atoms with E-state index in [-0.39, 0.29) is 11.9 Å². The minimum Gasteiger partial charge on any atom is -0.344 e. The standard InChI is InChI=1S/C25H31ClFN3OS2/c1-16(2)30(22-10-8-19(14-21(22)27)25(4,5)28)12-11-17(3)29-33(6,31)24-13-18-7-9-20(26)15-23(18)32-24/h7-10,13-15,17H,1,6,11-12,28H2,2-5H3,(H,29,31). The number of nitrogens with zero attached hydrogens (tertiary/aromatic N) is 1. The number of fused-ring (bicyclic) bond motifs is 1. The number of anilines is 1. The Balaban J connectivity index is 1.72. The molecule has 0 bridgehead atoms. The predicted octanol–water partition coefficient (Wildman–Crippen LogP) is 6.29. The predicted molar refractivity (Wildman–Crippen MR) is 143 cm³/mol. The SMILES string of the molecule is C=C(C)N(CCC(C)NS(=C)(=O)c1cc2ccc(Cl)cc2s1)c1ccc(C(C)(C)N)cc1F. The first-order valence-corrected chi connectivity index (χ1v) is 13.6. The smallest absolute Gasteiger partial charge is 0.147 e. The molecule has 1 aromatic heterocycles. The molecule has 0 fully saturated rings. The van der Waals surface area contributed by atoms with Crippen LogP contribution in [0.2, 0.25) is 5.02 Å². The third-order valence-electron chi connectivity index (χ3n) is 5.41. The minimum absolute atomic E-state index is 0.129. The number of nitrogens with one attached hydrogen (secondary N) is 1. The number of nitrogens with two attached hydrogens (primary N) is 1. The number of rotatable bonds is 9. The first-order chi connectivity index (χ1) is 15.3. The number of hydrogen-bond acceptors (Lipinski definition) is 4. The summed E-state index contributed by atoms with van der Waals surface area (Å²) in [6.45, 7) is 12.0. The second-order valence-corrected chi connectivity index (χ2v) is 12.8. The van der Waals surface area contributed by atoms with Crippen molar-refractivity contribution in [1.82, 2.24) is 4.72 Å². The van der Waals surface area contributed by atoms with E-state index in [0.717, 1.165) is 21.3 Å². The highest BCUT2D eigenvalue weighted by Gasteiger charge is 2.20. The zero-order chi connectivity index (χ0) is 24.6. The van der Waals surface area contributed by atoms with Crippen molar-refractivity contribution in [3.8, 4) is 0 Å². The van der Waals surface area contributed by atoms with Crippen LogP contribution in [0.25, 0.3) is 10.1 Å². The normalized spacial score (nSPS) is 14.8. The van der Waals surface area contributed by atoms with Gasteiger partial charge in [-0.25, -0.2) is 13.3 Å². The number of thiophene rings is 1. The van der Waals surface area contributed by atoms with Gasteiger partial charge in [-0.2, -0.15) is 0 Å². The summed E-state index contributed by atoms with van der Waals surface area (Å²) in [5, 5.41) is 1.63. The second kappa shape index (κ2) is 9.76. The zero-order valence-electron chi connectivity index (χ0n) is 19.5. The van der Waals surface area contributed by atoms with Crippen LogP contribution in [0.4, 0.5) is 10.1 Å². The van der Waals surface area contributed by atoms with Crippen molar-refractivity contribution in [1.29, 1.82) is 0 Å². The van der Waals surface area contributed by atoms with Crippen LogP contribution in [-0.2, 0) is 15.2 Å². The van der Waals surface area contributed by atoms with E-state index in [9.17, 15) is 8.60 Å². The van der Waals surface area contributed by atoms with Gasteiger partial charge in [0, 0.05) is 33.5 Å². The quantitative estimate of drug-likeness (QED) is 0.335. The monoisotopic (exact) mass is 507 g/mol. The van der Waals surface area contributed by atoms with E-state index in [1.54, 1.807) is 6.07 Å². The molecule has 3 N–H and O–H groups in total. The van der Waals surface area contributed by atoms with E-state index < -0.39 is 15.2 Å². The molecule has 0 saturated carbocycles. The van der Waals surface area contributed by atoms with Gasteiger partial charge in [-0.3, -0.25) is 0 Å². The second-order valence-electron chi connectivity index (χ2n) is 9.01. The third kappa shape index (κ3) is 6.16. The lowest BCUT2D eigenvalue weighted by Gasteiger charge is -2.28. The maximum absolute atomic E-state index is 14.9. The average Bonchev–Trinajstić information content (AvgIpc) is 3.12. The molecule has 0 aliphatic rings. The molecule has 0 spiro atoms. The van der Waals surface area contributed by atoms with Gasteiger partial charge in [0.15, 0.2) is 0 Å². The van der Waals surface area contributed by atoms with E-state index >= 15 is 0 Å². The fourth-order valence-corrected chi connectivity index (χ4v) is 6.77. The Hall–Kier alpha value is -1.90. The van der Waals surface area contributed by atoms with Crippen LogP contribution in [0, 0.1) is 5.82 Å². The van der Waals surface area contributed by atoms with E-state index in [0.29, 0.717) is 27.9 Å². The molecule has 8 heteroatoms. The molecule has 0 aliphatic carbocycles. The molecular weight excluding hydrogens is 477 g/mol. The summed E-state index contributed by atoms with van der Waals surface area (Å²) in [5.74, 6) is 3.61. The molecule has 33 heavy (non-hydrogen) atoms. The van der Waals surface area contributed by atoms with Crippen LogP contribution < -0.4 is 15.4 Å². The van der Waals surface area contributed by atoms with E-state index in [4.69, 9.17) is 17.3 Å². The first kappa shape index (κ1) is 25.7. The molecule has 0 amide bonds. The number of benzene rings is 2. The molecule has 3 aromatic rings. The summed E-state index contributed by atoms with van der Waals surface area (Å²) >= 11 is 7.50. The highest BCUT2D eigenvalue weighted by Crippen LogP contribution is 2.31. The molecule has 1 heterocycles. The summed E-state index contributed by atoms with van der Waals surface area (Å²) in [5.41, 5.74) is 7.36. The molecule has 2 unspecified atom stereocenters. The Labute approximate surface area is 205 Å². The van der Waals surface area contributed by atoms with Gasteiger partial charge in [0.2, 0.25) is 0 Å². The number of halogens is 2. The van der Waals surface area contributed by atoms with Crippen molar-refractivity contribution in [2.75, 3.05) is 11.4 Å². The van der Waals surface area contributed by atoms with Gasteiger partial charge in [0.1, 0.15) is 5.82 Å². The molecule has 0 saturated heterocycles. The molecule has 2 atom stereocenters. The number of allylic oxidation sites excluding steroid dienone is 1. The van der Waals surface area contributed by atoms with Gasteiger partial charge in [-0.05, 0) is 81.3 Å². The van der Waals surface area contributed by atoms with Crippen molar-refractivity contribution in [3.05, 3.63) is 71.1 Å². The van der Waals surface area contributed by atoms with Crippen molar-refractivity contribution < 1.29 is 8.60 Å². The van der Waals surface area contributed by atoms with E-state index in [1.165, 1.54) is 17.4 Å². The largest absolute Gasteiger partial charge is 0.344 e. The fourth-order valence-electron chi connectivity index (χ4n) is 3.55. The van der Waals surface area contributed by atoms with Crippen molar-refractivity contribution in [3.63, 3.8) is 0 Å². The van der Waals surface area contributed by atoms with Gasteiger partial charge in [0.05, 0.1) is 19.6 Å².